The lowest BCUT2D eigenvalue weighted by Gasteiger charge is -2.12. The normalized spacial score (nSPS) is 13.9. The summed E-state index contributed by atoms with van der Waals surface area (Å²) in [6.07, 6.45) is 0. The first-order chi connectivity index (χ1) is 6.68. The van der Waals surface area contributed by atoms with Crippen molar-refractivity contribution in [3.63, 3.8) is 0 Å². The van der Waals surface area contributed by atoms with Crippen LogP contribution in [0.15, 0.2) is 18.2 Å². The summed E-state index contributed by atoms with van der Waals surface area (Å²) in [5.74, 6) is -0.0177. The lowest BCUT2D eigenvalue weighted by atomic mass is 10.1. The number of amides is 1. The number of nitrogens with zero attached hydrogens (tertiary/aromatic N) is 1. The number of benzene rings is 1. The monoisotopic (exact) mass is 254 g/mol. The second-order valence-corrected chi connectivity index (χ2v) is 4.07. The Kier molecular flexibility index (Phi) is 2.56. The van der Waals surface area contributed by atoms with Crippen molar-refractivity contribution >= 4 is 27.7 Å². The van der Waals surface area contributed by atoms with Gasteiger partial charge in [0, 0.05) is 20.0 Å². The van der Waals surface area contributed by atoms with Crippen LogP contribution in [-0.2, 0) is 17.9 Å². The molecule has 0 atom stereocenters. The SMILES string of the molecule is CC(=O)N(Br)c1ccc2c(c1)CNC2. The Hall–Kier alpha value is -0.870. The van der Waals surface area contributed by atoms with Crippen molar-refractivity contribution < 1.29 is 4.79 Å². The molecule has 0 spiro atoms. The number of halogens is 1. The molecular weight excluding hydrogens is 244 g/mol. The van der Waals surface area contributed by atoms with Crippen LogP contribution in [0.5, 0.6) is 0 Å². The molecule has 74 valence electrons. The van der Waals surface area contributed by atoms with E-state index in [-0.39, 0.29) is 5.91 Å². The number of rotatable bonds is 1. The minimum Gasteiger partial charge on any atom is -0.309 e. The molecule has 1 aromatic rings. The third-order valence-electron chi connectivity index (χ3n) is 2.32. The highest BCUT2D eigenvalue weighted by atomic mass is 79.9. The van der Waals surface area contributed by atoms with Crippen LogP contribution >= 0.6 is 16.1 Å². The highest BCUT2D eigenvalue weighted by molar-refractivity contribution is 9.10. The van der Waals surface area contributed by atoms with Gasteiger partial charge in [-0.25, -0.2) is 3.93 Å². The Morgan fingerprint density at radius 1 is 1.43 bits per heavy atom. The fourth-order valence-corrected chi connectivity index (χ4v) is 1.81. The van der Waals surface area contributed by atoms with Gasteiger partial charge in [0.15, 0.2) is 0 Å². The lowest BCUT2D eigenvalue weighted by Crippen LogP contribution is -2.15. The Bertz CT molecular complexity index is 378. The van der Waals surface area contributed by atoms with E-state index >= 15 is 0 Å². The number of nitrogens with one attached hydrogen (secondary N) is 1. The molecule has 1 heterocycles. The summed E-state index contributed by atoms with van der Waals surface area (Å²) in [5.41, 5.74) is 3.48. The number of carbonyl (C=O) groups excluding carboxylic acids is 1. The number of anilines is 1. The van der Waals surface area contributed by atoms with Gasteiger partial charge in [-0.2, -0.15) is 0 Å². The number of hydrogen-bond donors (Lipinski definition) is 1. The molecule has 4 heteroatoms. The summed E-state index contributed by atoms with van der Waals surface area (Å²) in [6, 6.07) is 6.04. The summed E-state index contributed by atoms with van der Waals surface area (Å²) in [7, 11) is 0. The van der Waals surface area contributed by atoms with E-state index in [1.165, 1.54) is 22.0 Å². The van der Waals surface area contributed by atoms with Crippen LogP contribution < -0.4 is 9.24 Å². The van der Waals surface area contributed by atoms with Gasteiger partial charge in [0.25, 0.3) is 0 Å². The van der Waals surface area contributed by atoms with Crippen molar-refractivity contribution in [3.05, 3.63) is 29.3 Å². The highest BCUT2D eigenvalue weighted by Gasteiger charge is 2.13. The smallest absolute Gasteiger partial charge is 0.233 e. The zero-order valence-electron chi connectivity index (χ0n) is 7.88. The maximum atomic E-state index is 11.1. The van der Waals surface area contributed by atoms with Gasteiger partial charge in [-0.15, -0.1) is 0 Å². The first-order valence-electron chi connectivity index (χ1n) is 4.47. The minimum atomic E-state index is -0.0177. The van der Waals surface area contributed by atoms with Crippen LogP contribution in [0.2, 0.25) is 0 Å². The maximum Gasteiger partial charge on any atom is 0.233 e. The topological polar surface area (TPSA) is 32.3 Å². The van der Waals surface area contributed by atoms with Gasteiger partial charge in [-0.05, 0) is 23.3 Å². The molecule has 1 aliphatic rings. The zero-order valence-corrected chi connectivity index (χ0v) is 9.47. The maximum absolute atomic E-state index is 11.1. The van der Waals surface area contributed by atoms with Crippen molar-refractivity contribution in [2.24, 2.45) is 0 Å². The third-order valence-corrected chi connectivity index (χ3v) is 3.23. The lowest BCUT2D eigenvalue weighted by molar-refractivity contribution is -0.115. The minimum absolute atomic E-state index is 0.0177. The fourth-order valence-electron chi connectivity index (χ4n) is 1.59. The van der Waals surface area contributed by atoms with Crippen LogP contribution in [0.25, 0.3) is 0 Å². The van der Waals surface area contributed by atoms with Crippen LogP contribution in [0.1, 0.15) is 18.1 Å². The molecular formula is C10H11BrN2O. The van der Waals surface area contributed by atoms with Crippen LogP contribution in [0.3, 0.4) is 0 Å². The molecule has 0 radical (unpaired) electrons. The summed E-state index contributed by atoms with van der Waals surface area (Å²) in [4.78, 5) is 11.1. The van der Waals surface area contributed by atoms with Gasteiger partial charge >= 0.3 is 0 Å². The van der Waals surface area contributed by atoms with E-state index < -0.39 is 0 Å². The summed E-state index contributed by atoms with van der Waals surface area (Å²) < 4.78 is 1.48. The summed E-state index contributed by atoms with van der Waals surface area (Å²) in [5, 5.41) is 3.26. The molecule has 1 aromatic carbocycles. The number of fused-ring (bicyclic) bond motifs is 1. The van der Waals surface area contributed by atoms with Crippen molar-refractivity contribution in [2.75, 3.05) is 3.93 Å². The van der Waals surface area contributed by atoms with E-state index in [4.69, 9.17) is 0 Å². The van der Waals surface area contributed by atoms with Crippen molar-refractivity contribution in [1.29, 1.82) is 0 Å². The summed E-state index contributed by atoms with van der Waals surface area (Å²) >= 11 is 3.22. The van der Waals surface area contributed by atoms with Gasteiger partial charge in [0.05, 0.1) is 21.8 Å². The first kappa shape index (κ1) is 9.68. The number of hydrogen-bond acceptors (Lipinski definition) is 2. The molecule has 2 rings (SSSR count). The standard InChI is InChI=1S/C10H11BrN2O/c1-7(14)13(11)10-3-2-8-5-12-6-9(8)4-10/h2-4,12H,5-6H2,1H3. The predicted octanol–water partition coefficient (Wildman–Crippen LogP) is 1.95. The Morgan fingerprint density at radius 2 is 2.14 bits per heavy atom. The van der Waals surface area contributed by atoms with Gasteiger partial charge in [-0.1, -0.05) is 6.07 Å². The third kappa shape index (κ3) is 1.67. The molecule has 0 saturated heterocycles. The molecule has 1 aliphatic heterocycles. The molecule has 0 aliphatic carbocycles. The molecule has 0 bridgehead atoms. The Labute approximate surface area is 91.4 Å². The largest absolute Gasteiger partial charge is 0.309 e. The fraction of sp³-hybridized carbons (Fsp3) is 0.300. The average molecular weight is 255 g/mol. The van der Waals surface area contributed by atoms with E-state index in [0.717, 1.165) is 18.8 Å². The molecule has 0 aromatic heterocycles. The van der Waals surface area contributed by atoms with Crippen molar-refractivity contribution in [3.8, 4) is 0 Å². The van der Waals surface area contributed by atoms with Crippen molar-refractivity contribution in [2.45, 2.75) is 20.0 Å². The zero-order chi connectivity index (χ0) is 10.1. The Morgan fingerprint density at radius 3 is 2.86 bits per heavy atom. The first-order valence-corrected chi connectivity index (χ1v) is 5.18. The van der Waals surface area contributed by atoms with Crippen LogP contribution in [0.4, 0.5) is 5.69 Å². The quantitative estimate of drug-likeness (QED) is 0.778. The van der Waals surface area contributed by atoms with E-state index in [9.17, 15) is 4.79 Å². The van der Waals surface area contributed by atoms with E-state index in [0.29, 0.717) is 0 Å². The Balaban J connectivity index is 2.33. The molecule has 14 heavy (non-hydrogen) atoms. The number of carbonyl (C=O) groups is 1. The van der Waals surface area contributed by atoms with Gasteiger partial charge < -0.3 is 5.32 Å². The predicted molar refractivity (Wildman–Crippen MR) is 59.1 cm³/mol. The van der Waals surface area contributed by atoms with Crippen molar-refractivity contribution in [1.82, 2.24) is 5.32 Å². The second kappa shape index (κ2) is 3.71. The molecule has 3 nitrogen and oxygen atoms in total. The highest BCUT2D eigenvalue weighted by Crippen LogP contribution is 2.24. The van der Waals surface area contributed by atoms with Gasteiger partial charge in [0.2, 0.25) is 5.91 Å². The van der Waals surface area contributed by atoms with Crippen LogP contribution in [0, 0.1) is 0 Å². The van der Waals surface area contributed by atoms with Crippen LogP contribution in [-0.4, -0.2) is 5.91 Å². The molecule has 0 saturated carbocycles. The van der Waals surface area contributed by atoms with E-state index in [1.807, 2.05) is 12.1 Å². The molecule has 0 fully saturated rings. The van der Waals surface area contributed by atoms with E-state index in [2.05, 4.69) is 27.5 Å². The molecule has 1 N–H and O–H groups in total. The van der Waals surface area contributed by atoms with Gasteiger partial charge in [0.1, 0.15) is 0 Å². The molecule has 1 amide bonds. The van der Waals surface area contributed by atoms with Gasteiger partial charge in [-0.3, -0.25) is 4.79 Å². The summed E-state index contributed by atoms with van der Waals surface area (Å²) in [6.45, 7) is 3.35. The average Bonchev–Trinajstić information content (AvgIpc) is 2.62. The second-order valence-electron chi connectivity index (χ2n) is 3.36. The van der Waals surface area contributed by atoms with E-state index in [1.54, 1.807) is 0 Å². The molecule has 0 unspecified atom stereocenters.